The van der Waals surface area contributed by atoms with E-state index in [-0.39, 0.29) is 11.4 Å². The minimum Gasteiger partial charge on any atom is -0.497 e. The number of carbonyl (C=O) groups is 1. The van der Waals surface area contributed by atoms with Crippen LogP contribution in [0, 0.1) is 0 Å². The lowest BCUT2D eigenvalue weighted by molar-refractivity contribution is 0.0595. The summed E-state index contributed by atoms with van der Waals surface area (Å²) in [5, 5.41) is 0. The molecule has 0 bridgehead atoms. The van der Waals surface area contributed by atoms with Gasteiger partial charge in [0.25, 0.3) is 0 Å². The molecule has 0 aliphatic rings. The van der Waals surface area contributed by atoms with E-state index in [2.05, 4.69) is 9.72 Å². The molecule has 6 heteroatoms. The highest BCUT2D eigenvalue weighted by molar-refractivity contribution is 5.94. The molecule has 6 nitrogen and oxygen atoms in total. The van der Waals surface area contributed by atoms with Crippen LogP contribution in [0.1, 0.15) is 10.5 Å². The van der Waals surface area contributed by atoms with Gasteiger partial charge in [-0.25, -0.2) is 9.59 Å². The molecule has 100 valence electrons. The maximum Gasteiger partial charge on any atom is 0.356 e. The Morgan fingerprint density at radius 1 is 1.32 bits per heavy atom. The summed E-state index contributed by atoms with van der Waals surface area (Å²) < 4.78 is 11.2. The average Bonchev–Trinajstić information content (AvgIpc) is 2.74. The summed E-state index contributed by atoms with van der Waals surface area (Å²) in [5.74, 6) is 0.0532. The first-order chi connectivity index (χ1) is 9.08. The molecule has 1 heterocycles. The Kier molecular flexibility index (Phi) is 3.41. The fraction of sp³-hybridized carbons (Fsp3) is 0.231. The third-order valence-corrected chi connectivity index (χ3v) is 2.84. The van der Waals surface area contributed by atoms with E-state index in [1.54, 1.807) is 38.4 Å². The molecule has 2 rings (SSSR count). The van der Waals surface area contributed by atoms with Crippen LogP contribution >= 0.6 is 0 Å². The number of esters is 1. The van der Waals surface area contributed by atoms with Crippen LogP contribution in [-0.2, 0) is 11.8 Å². The second-order valence-corrected chi connectivity index (χ2v) is 3.94. The van der Waals surface area contributed by atoms with Crippen LogP contribution in [-0.4, -0.2) is 29.7 Å². The lowest BCUT2D eigenvalue weighted by Gasteiger charge is -2.07. The van der Waals surface area contributed by atoms with Crippen LogP contribution in [0.3, 0.4) is 0 Å². The Labute approximate surface area is 109 Å². The molecule has 0 saturated heterocycles. The van der Waals surface area contributed by atoms with Crippen molar-refractivity contribution >= 4 is 5.97 Å². The largest absolute Gasteiger partial charge is 0.497 e. The van der Waals surface area contributed by atoms with Gasteiger partial charge in [-0.05, 0) is 12.1 Å². The van der Waals surface area contributed by atoms with Crippen LogP contribution in [0.5, 0.6) is 5.75 Å². The van der Waals surface area contributed by atoms with Gasteiger partial charge in [-0.15, -0.1) is 0 Å². The fourth-order valence-corrected chi connectivity index (χ4v) is 1.88. The molecule has 0 amide bonds. The Morgan fingerprint density at radius 3 is 2.68 bits per heavy atom. The average molecular weight is 262 g/mol. The van der Waals surface area contributed by atoms with Crippen molar-refractivity contribution in [3.05, 3.63) is 40.4 Å². The summed E-state index contributed by atoms with van der Waals surface area (Å²) in [4.78, 5) is 25.9. The smallest absolute Gasteiger partial charge is 0.356 e. The van der Waals surface area contributed by atoms with Crippen LogP contribution in [0.25, 0.3) is 11.3 Å². The molecule has 0 aliphatic carbocycles. The number of carbonyl (C=O) groups excluding carboxylic acids is 1. The van der Waals surface area contributed by atoms with Crippen molar-refractivity contribution < 1.29 is 14.3 Å². The predicted octanol–water partition coefficient (Wildman–Crippen LogP) is 1.18. The van der Waals surface area contributed by atoms with Crippen LogP contribution in [0.4, 0.5) is 0 Å². The summed E-state index contributed by atoms with van der Waals surface area (Å²) in [6, 6.07) is 7.10. The van der Waals surface area contributed by atoms with E-state index in [9.17, 15) is 9.59 Å². The normalized spacial score (nSPS) is 10.3. The molecule has 0 radical (unpaired) electrons. The second-order valence-electron chi connectivity index (χ2n) is 3.94. The Bertz CT molecular complexity index is 670. The SMILES string of the molecule is COC(=O)c1[nH]c(=O)n(C)c1-c1cccc(OC)c1. The Hall–Kier alpha value is -2.50. The Balaban J connectivity index is 2.66. The monoisotopic (exact) mass is 262 g/mol. The van der Waals surface area contributed by atoms with Crippen molar-refractivity contribution in [2.24, 2.45) is 7.05 Å². The van der Waals surface area contributed by atoms with Crippen molar-refractivity contribution in [3.8, 4) is 17.0 Å². The van der Waals surface area contributed by atoms with E-state index in [1.165, 1.54) is 11.7 Å². The van der Waals surface area contributed by atoms with Gasteiger partial charge in [0.1, 0.15) is 5.75 Å². The first-order valence-electron chi connectivity index (χ1n) is 5.60. The summed E-state index contributed by atoms with van der Waals surface area (Å²) in [7, 11) is 4.40. The zero-order valence-corrected chi connectivity index (χ0v) is 10.9. The summed E-state index contributed by atoms with van der Waals surface area (Å²) in [6.45, 7) is 0. The van der Waals surface area contributed by atoms with E-state index in [4.69, 9.17) is 4.74 Å². The number of hydrogen-bond acceptors (Lipinski definition) is 4. The quantitative estimate of drug-likeness (QED) is 0.843. The van der Waals surface area contributed by atoms with Crippen molar-refractivity contribution in [1.29, 1.82) is 0 Å². The van der Waals surface area contributed by atoms with Crippen molar-refractivity contribution in [2.75, 3.05) is 14.2 Å². The van der Waals surface area contributed by atoms with Gasteiger partial charge >= 0.3 is 11.7 Å². The second kappa shape index (κ2) is 5.01. The molecule has 1 N–H and O–H groups in total. The number of aromatic amines is 1. The fourth-order valence-electron chi connectivity index (χ4n) is 1.88. The number of benzene rings is 1. The van der Waals surface area contributed by atoms with Crippen molar-refractivity contribution in [3.63, 3.8) is 0 Å². The maximum absolute atomic E-state index is 11.7. The highest BCUT2D eigenvalue weighted by atomic mass is 16.5. The third kappa shape index (κ3) is 2.24. The maximum atomic E-state index is 11.7. The lowest BCUT2D eigenvalue weighted by atomic mass is 10.1. The number of nitrogens with zero attached hydrogens (tertiary/aromatic N) is 1. The molecule has 0 unspecified atom stereocenters. The van der Waals surface area contributed by atoms with Crippen LogP contribution in [0.2, 0.25) is 0 Å². The standard InChI is InChI=1S/C13H14N2O4/c1-15-11(8-5-4-6-9(7-8)18-2)10(12(16)19-3)14-13(15)17/h4-7H,1-3H3,(H,14,17). The summed E-state index contributed by atoms with van der Waals surface area (Å²) >= 11 is 0. The number of rotatable bonds is 3. The number of methoxy groups -OCH3 is 2. The van der Waals surface area contributed by atoms with Crippen LogP contribution < -0.4 is 10.4 Å². The van der Waals surface area contributed by atoms with Gasteiger partial charge in [0, 0.05) is 12.6 Å². The zero-order chi connectivity index (χ0) is 14.0. The highest BCUT2D eigenvalue weighted by Crippen LogP contribution is 2.25. The number of hydrogen-bond donors (Lipinski definition) is 1. The molecular weight excluding hydrogens is 248 g/mol. The van der Waals surface area contributed by atoms with Gasteiger partial charge in [-0.2, -0.15) is 0 Å². The highest BCUT2D eigenvalue weighted by Gasteiger charge is 2.20. The predicted molar refractivity (Wildman–Crippen MR) is 69.4 cm³/mol. The summed E-state index contributed by atoms with van der Waals surface area (Å²) in [5.41, 5.74) is 0.915. The molecule has 2 aromatic rings. The van der Waals surface area contributed by atoms with E-state index >= 15 is 0 Å². The molecule has 19 heavy (non-hydrogen) atoms. The van der Waals surface area contributed by atoms with Crippen LogP contribution in [0.15, 0.2) is 29.1 Å². The minimum atomic E-state index is -0.587. The topological polar surface area (TPSA) is 73.3 Å². The van der Waals surface area contributed by atoms with Crippen molar-refractivity contribution in [1.82, 2.24) is 9.55 Å². The first kappa shape index (κ1) is 12.9. The van der Waals surface area contributed by atoms with E-state index in [0.717, 1.165) is 0 Å². The lowest BCUT2D eigenvalue weighted by Crippen LogP contribution is -2.13. The molecule has 0 aliphatic heterocycles. The minimum absolute atomic E-state index is 0.128. The van der Waals surface area contributed by atoms with Gasteiger partial charge in [-0.1, -0.05) is 12.1 Å². The van der Waals surface area contributed by atoms with E-state index in [0.29, 0.717) is 17.0 Å². The van der Waals surface area contributed by atoms with E-state index < -0.39 is 5.97 Å². The van der Waals surface area contributed by atoms with Gasteiger partial charge in [-0.3, -0.25) is 9.55 Å². The molecular formula is C13H14N2O4. The van der Waals surface area contributed by atoms with Crippen molar-refractivity contribution in [2.45, 2.75) is 0 Å². The number of ether oxygens (including phenoxy) is 2. The van der Waals surface area contributed by atoms with E-state index in [1.807, 2.05) is 0 Å². The molecule has 1 aromatic heterocycles. The molecule has 0 fully saturated rings. The number of H-pyrrole nitrogens is 1. The molecule has 1 aromatic carbocycles. The molecule has 0 saturated carbocycles. The number of aromatic nitrogens is 2. The molecule has 0 atom stereocenters. The van der Waals surface area contributed by atoms with Gasteiger partial charge < -0.3 is 9.47 Å². The summed E-state index contributed by atoms with van der Waals surface area (Å²) in [6.07, 6.45) is 0. The van der Waals surface area contributed by atoms with Gasteiger partial charge in [0.2, 0.25) is 0 Å². The number of nitrogens with one attached hydrogen (secondary N) is 1. The van der Waals surface area contributed by atoms with Gasteiger partial charge in [0.05, 0.1) is 19.9 Å². The van der Waals surface area contributed by atoms with Gasteiger partial charge in [0.15, 0.2) is 5.69 Å². The third-order valence-electron chi connectivity index (χ3n) is 2.84. The zero-order valence-electron chi connectivity index (χ0n) is 10.9. The Morgan fingerprint density at radius 2 is 2.05 bits per heavy atom. The first-order valence-corrected chi connectivity index (χ1v) is 5.60. The number of imidazole rings is 1. The molecule has 0 spiro atoms.